The molecule has 0 amide bonds. The Morgan fingerprint density at radius 3 is 2.54 bits per heavy atom. The minimum absolute atomic E-state index is 0.124. The van der Waals surface area contributed by atoms with Gasteiger partial charge in [-0.1, -0.05) is 30.3 Å². The van der Waals surface area contributed by atoms with Gasteiger partial charge in [0.05, 0.1) is 18.5 Å². The quantitative estimate of drug-likeness (QED) is 0.434. The van der Waals surface area contributed by atoms with Gasteiger partial charge in [-0.3, -0.25) is 10.3 Å². The largest absolute Gasteiger partial charge is 0.401 e. The molecule has 156 valence electrons. The number of halogens is 3. The highest BCUT2D eigenvalue weighted by molar-refractivity contribution is 5.90. The summed E-state index contributed by atoms with van der Waals surface area (Å²) in [5.74, 6) is 0.342. The van der Waals surface area contributed by atoms with E-state index in [0.29, 0.717) is 13.1 Å². The summed E-state index contributed by atoms with van der Waals surface area (Å²) in [7, 11) is 0. The molecule has 1 aliphatic heterocycles. The molecule has 1 fully saturated rings. The summed E-state index contributed by atoms with van der Waals surface area (Å²) in [4.78, 5) is 3.09. The molecule has 1 aromatic carbocycles. The molecular weight excluding hydrogens is 371 g/mol. The summed E-state index contributed by atoms with van der Waals surface area (Å²) in [6.07, 6.45) is -3.57. The number of aliphatic hydroxyl groups is 1. The second kappa shape index (κ2) is 8.83. The molecule has 2 rings (SSSR count). The van der Waals surface area contributed by atoms with Crippen molar-refractivity contribution in [3.05, 3.63) is 47.8 Å². The average Bonchev–Trinajstić information content (AvgIpc) is 2.60. The predicted molar refractivity (Wildman–Crippen MR) is 103 cm³/mol. The lowest BCUT2D eigenvalue weighted by Gasteiger charge is -2.47. The van der Waals surface area contributed by atoms with Crippen LogP contribution in [0.15, 0.2) is 42.2 Å². The van der Waals surface area contributed by atoms with Crippen LogP contribution in [-0.4, -0.2) is 65.2 Å². The highest BCUT2D eigenvalue weighted by atomic mass is 19.4. The Morgan fingerprint density at radius 1 is 1.32 bits per heavy atom. The van der Waals surface area contributed by atoms with Crippen LogP contribution in [0.4, 0.5) is 13.2 Å². The van der Waals surface area contributed by atoms with Crippen LogP contribution in [0, 0.1) is 5.41 Å². The van der Waals surface area contributed by atoms with Gasteiger partial charge < -0.3 is 21.1 Å². The third-order valence-corrected chi connectivity index (χ3v) is 4.76. The van der Waals surface area contributed by atoms with Gasteiger partial charge >= 0.3 is 6.18 Å². The number of alkyl halides is 3. The number of aliphatic hydroxyl groups excluding tert-OH is 1. The SMILES string of the molecule is CC1(C)CN(C(=N)/C=C(\N)NCC(O)c2ccccc2)CCN1CC(F)(F)F. The van der Waals surface area contributed by atoms with Crippen molar-refractivity contribution in [2.24, 2.45) is 5.73 Å². The van der Waals surface area contributed by atoms with Gasteiger partial charge in [0, 0.05) is 37.8 Å². The van der Waals surface area contributed by atoms with Crippen LogP contribution >= 0.6 is 0 Å². The molecule has 1 aliphatic rings. The molecule has 0 radical (unpaired) electrons. The fourth-order valence-electron chi connectivity index (χ4n) is 3.20. The van der Waals surface area contributed by atoms with Crippen molar-refractivity contribution in [2.45, 2.75) is 31.7 Å². The van der Waals surface area contributed by atoms with E-state index in [0.717, 1.165) is 5.56 Å². The maximum Gasteiger partial charge on any atom is 0.401 e. The minimum Gasteiger partial charge on any atom is -0.387 e. The fourth-order valence-corrected chi connectivity index (χ4v) is 3.20. The molecule has 28 heavy (non-hydrogen) atoms. The Balaban J connectivity index is 1.89. The van der Waals surface area contributed by atoms with Crippen LogP contribution in [0.2, 0.25) is 0 Å². The van der Waals surface area contributed by atoms with Crippen molar-refractivity contribution in [3.63, 3.8) is 0 Å². The molecule has 0 aliphatic carbocycles. The molecular formula is C19H28F3N5O. The van der Waals surface area contributed by atoms with Gasteiger partial charge in [-0.15, -0.1) is 0 Å². The molecule has 5 N–H and O–H groups in total. The number of hydrogen-bond donors (Lipinski definition) is 4. The van der Waals surface area contributed by atoms with Crippen molar-refractivity contribution >= 4 is 5.84 Å². The van der Waals surface area contributed by atoms with E-state index < -0.39 is 24.4 Å². The van der Waals surface area contributed by atoms with Crippen molar-refractivity contribution in [1.29, 1.82) is 5.41 Å². The Hall–Kier alpha value is -2.26. The molecule has 0 saturated carbocycles. The maximum absolute atomic E-state index is 12.7. The van der Waals surface area contributed by atoms with Crippen LogP contribution < -0.4 is 11.1 Å². The average molecular weight is 399 g/mol. The van der Waals surface area contributed by atoms with Crippen LogP contribution in [0.5, 0.6) is 0 Å². The van der Waals surface area contributed by atoms with Crippen LogP contribution in [-0.2, 0) is 0 Å². The first-order valence-corrected chi connectivity index (χ1v) is 9.07. The fraction of sp³-hybridized carbons (Fsp3) is 0.526. The lowest BCUT2D eigenvalue weighted by Crippen LogP contribution is -2.61. The lowest BCUT2D eigenvalue weighted by atomic mass is 9.98. The zero-order valence-corrected chi connectivity index (χ0v) is 16.1. The van der Waals surface area contributed by atoms with Crippen molar-refractivity contribution in [3.8, 4) is 0 Å². The van der Waals surface area contributed by atoms with Gasteiger partial charge in [-0.2, -0.15) is 13.2 Å². The summed E-state index contributed by atoms with van der Waals surface area (Å²) < 4.78 is 38.2. The smallest absolute Gasteiger partial charge is 0.387 e. The van der Waals surface area contributed by atoms with Gasteiger partial charge in [0.15, 0.2) is 0 Å². The standard InChI is InChI=1S/C19H28F3N5O/c1-18(2)12-26(8-9-27(18)13-19(20,21)22)17(24)10-16(23)25-11-15(28)14-6-4-3-5-7-14/h3-7,10,15,24-25,28H,8-9,11-13,23H2,1-2H3/b16-10+,24-17?. The normalized spacial score (nSPS) is 19.4. The maximum atomic E-state index is 12.7. The van der Waals surface area contributed by atoms with Crippen molar-refractivity contribution < 1.29 is 18.3 Å². The molecule has 1 atom stereocenters. The molecule has 1 aromatic rings. The zero-order chi connectivity index (χ0) is 20.9. The third kappa shape index (κ3) is 6.42. The molecule has 0 aromatic heterocycles. The van der Waals surface area contributed by atoms with E-state index in [1.807, 2.05) is 18.2 Å². The number of nitrogens with two attached hydrogens (primary N) is 1. The monoisotopic (exact) mass is 399 g/mol. The van der Waals surface area contributed by atoms with Crippen LogP contribution in [0.3, 0.4) is 0 Å². The van der Waals surface area contributed by atoms with E-state index in [2.05, 4.69) is 5.32 Å². The lowest BCUT2D eigenvalue weighted by molar-refractivity contribution is -0.162. The summed E-state index contributed by atoms with van der Waals surface area (Å²) in [6, 6.07) is 9.12. The summed E-state index contributed by atoms with van der Waals surface area (Å²) in [6.45, 7) is 3.51. The highest BCUT2D eigenvalue weighted by Crippen LogP contribution is 2.26. The van der Waals surface area contributed by atoms with Crippen molar-refractivity contribution in [1.82, 2.24) is 15.1 Å². The second-order valence-corrected chi connectivity index (χ2v) is 7.56. The number of nitrogens with zero attached hydrogens (tertiary/aromatic N) is 2. The van der Waals surface area contributed by atoms with Gasteiger partial charge in [0.25, 0.3) is 0 Å². The molecule has 0 bridgehead atoms. The molecule has 1 unspecified atom stereocenters. The third-order valence-electron chi connectivity index (χ3n) is 4.76. The zero-order valence-electron chi connectivity index (χ0n) is 16.1. The van der Waals surface area contributed by atoms with Gasteiger partial charge in [-0.25, -0.2) is 0 Å². The van der Waals surface area contributed by atoms with Gasteiger partial charge in [-0.05, 0) is 19.4 Å². The van der Waals surface area contributed by atoms with Gasteiger partial charge in [0.2, 0.25) is 0 Å². The van der Waals surface area contributed by atoms with Crippen molar-refractivity contribution in [2.75, 3.05) is 32.7 Å². The Morgan fingerprint density at radius 2 is 1.96 bits per heavy atom. The number of rotatable bonds is 6. The van der Waals surface area contributed by atoms with Crippen LogP contribution in [0.1, 0.15) is 25.5 Å². The predicted octanol–water partition coefficient (Wildman–Crippen LogP) is 2.05. The van der Waals surface area contributed by atoms with E-state index in [1.54, 1.807) is 30.9 Å². The minimum atomic E-state index is -4.25. The topological polar surface area (TPSA) is 88.6 Å². The van der Waals surface area contributed by atoms with E-state index >= 15 is 0 Å². The van der Waals surface area contributed by atoms with E-state index in [4.69, 9.17) is 11.1 Å². The molecule has 1 heterocycles. The number of hydrogen-bond acceptors (Lipinski definition) is 5. The molecule has 0 spiro atoms. The Labute approximate surface area is 163 Å². The van der Waals surface area contributed by atoms with E-state index in [9.17, 15) is 18.3 Å². The Kier molecular flexibility index (Phi) is 6.95. The second-order valence-electron chi connectivity index (χ2n) is 7.56. The summed E-state index contributed by atoms with van der Waals surface area (Å²) in [5.41, 5.74) is 5.93. The molecule has 6 nitrogen and oxygen atoms in total. The first kappa shape index (κ1) is 22.0. The first-order valence-electron chi connectivity index (χ1n) is 9.07. The number of nitrogens with one attached hydrogen (secondary N) is 2. The van der Waals surface area contributed by atoms with E-state index in [1.165, 1.54) is 11.0 Å². The highest BCUT2D eigenvalue weighted by Gasteiger charge is 2.40. The van der Waals surface area contributed by atoms with Gasteiger partial charge in [0.1, 0.15) is 5.84 Å². The van der Waals surface area contributed by atoms with Crippen LogP contribution in [0.25, 0.3) is 0 Å². The summed E-state index contributed by atoms with van der Waals surface area (Å²) >= 11 is 0. The molecule has 9 heteroatoms. The number of piperazine rings is 1. The number of benzene rings is 1. The number of amidine groups is 1. The van der Waals surface area contributed by atoms with E-state index in [-0.39, 0.29) is 24.7 Å². The summed E-state index contributed by atoms with van der Waals surface area (Å²) in [5, 5.41) is 21.2. The molecule has 1 saturated heterocycles. The Bertz CT molecular complexity index is 691. The first-order chi connectivity index (χ1) is 13.0.